The number of ether oxygens (including phenoxy) is 4. The minimum Gasteiger partial charge on any atom is -0.466 e. The van der Waals surface area contributed by atoms with Crippen molar-refractivity contribution in [3.8, 4) is 0 Å². The fraction of sp³-hybridized carbons (Fsp3) is 0.500. The van der Waals surface area contributed by atoms with Crippen molar-refractivity contribution in [2.45, 2.75) is 11.7 Å². The highest BCUT2D eigenvalue weighted by Crippen LogP contribution is 2.44. The number of rotatable bonds is 4. The van der Waals surface area contributed by atoms with E-state index < -0.39 is 23.6 Å². The van der Waals surface area contributed by atoms with Crippen LogP contribution in [0.1, 0.15) is 0 Å². The van der Waals surface area contributed by atoms with Crippen LogP contribution in [0, 0.1) is 0 Å². The van der Waals surface area contributed by atoms with Crippen molar-refractivity contribution in [2.75, 3.05) is 27.9 Å². The van der Waals surface area contributed by atoms with Crippen LogP contribution < -0.4 is 0 Å². The maximum Gasteiger partial charge on any atom is 0.337 e. The van der Waals surface area contributed by atoms with E-state index in [9.17, 15) is 9.59 Å². The van der Waals surface area contributed by atoms with Crippen molar-refractivity contribution in [3.05, 3.63) is 23.3 Å². The highest BCUT2D eigenvalue weighted by Gasteiger charge is 2.54. The van der Waals surface area contributed by atoms with Crippen LogP contribution in [-0.4, -0.2) is 51.6 Å². The molecule has 0 aromatic carbocycles. The number of hydrogen-bond donors (Lipinski definition) is 0. The molecule has 0 saturated carbocycles. The molecule has 2 atom stereocenters. The molecule has 0 unspecified atom stereocenters. The Kier molecular flexibility index (Phi) is 3.23. The second-order valence-corrected chi connectivity index (χ2v) is 3.99. The summed E-state index contributed by atoms with van der Waals surface area (Å²) in [6.07, 6.45) is 2.83. The van der Waals surface area contributed by atoms with Crippen molar-refractivity contribution in [3.63, 3.8) is 0 Å². The third kappa shape index (κ3) is 1.65. The molecule has 0 spiro atoms. The van der Waals surface area contributed by atoms with Gasteiger partial charge < -0.3 is 18.9 Å². The first kappa shape index (κ1) is 12.8. The van der Waals surface area contributed by atoms with E-state index in [-0.39, 0.29) is 17.8 Å². The van der Waals surface area contributed by atoms with E-state index in [1.807, 2.05) is 0 Å². The predicted molar refractivity (Wildman–Crippen MR) is 59.7 cm³/mol. The molecule has 2 aliphatic heterocycles. The normalized spacial score (nSPS) is 28.7. The minimum absolute atomic E-state index is 0.130. The van der Waals surface area contributed by atoms with Crippen molar-refractivity contribution < 1.29 is 28.5 Å². The lowest BCUT2D eigenvalue weighted by Gasteiger charge is -2.24. The van der Waals surface area contributed by atoms with Gasteiger partial charge in [0.2, 0.25) is 0 Å². The molecule has 0 saturated heterocycles. The van der Waals surface area contributed by atoms with Crippen molar-refractivity contribution in [1.82, 2.24) is 0 Å². The Morgan fingerprint density at radius 3 is 2.50 bits per heavy atom. The number of methoxy groups -OCH3 is 3. The summed E-state index contributed by atoms with van der Waals surface area (Å²) in [4.78, 5) is 23.6. The minimum atomic E-state index is -1.05. The molecule has 0 aromatic rings. The first-order valence-electron chi connectivity index (χ1n) is 5.37. The van der Waals surface area contributed by atoms with Crippen LogP contribution >= 0.6 is 0 Å². The van der Waals surface area contributed by atoms with Crippen LogP contribution in [0.2, 0.25) is 0 Å². The number of fused-ring (bicyclic) bond motifs is 2. The van der Waals surface area contributed by atoms with Crippen LogP contribution in [0.15, 0.2) is 23.3 Å². The molecule has 98 valence electrons. The molecule has 0 radical (unpaired) electrons. The van der Waals surface area contributed by atoms with Gasteiger partial charge >= 0.3 is 11.9 Å². The van der Waals surface area contributed by atoms with Crippen LogP contribution in [0.5, 0.6) is 0 Å². The highest BCUT2D eigenvalue weighted by atomic mass is 16.6. The Hall–Kier alpha value is -1.66. The Morgan fingerprint density at radius 1 is 1.28 bits per heavy atom. The van der Waals surface area contributed by atoms with Gasteiger partial charge in [0.25, 0.3) is 0 Å². The summed E-state index contributed by atoms with van der Waals surface area (Å²) in [6, 6.07) is 0. The van der Waals surface area contributed by atoms with Gasteiger partial charge in [-0.2, -0.15) is 0 Å². The fourth-order valence-electron chi connectivity index (χ4n) is 2.30. The number of carbonyl (C=O) groups excluding carboxylic acids is 2. The van der Waals surface area contributed by atoms with Gasteiger partial charge in [-0.05, 0) is 6.08 Å². The van der Waals surface area contributed by atoms with Gasteiger partial charge in [-0.25, -0.2) is 9.59 Å². The molecule has 2 aliphatic rings. The highest BCUT2D eigenvalue weighted by molar-refractivity contribution is 6.05. The predicted octanol–water partition coefficient (Wildman–Crippen LogP) is -0.0172. The molecule has 0 aromatic heterocycles. The van der Waals surface area contributed by atoms with Crippen LogP contribution in [-0.2, 0) is 28.5 Å². The molecule has 2 rings (SSSR count). The molecule has 0 amide bonds. The lowest BCUT2D eigenvalue weighted by molar-refractivity contribution is -0.140. The van der Waals surface area contributed by atoms with E-state index in [1.54, 1.807) is 12.2 Å². The molecule has 0 aliphatic carbocycles. The van der Waals surface area contributed by atoms with E-state index in [4.69, 9.17) is 14.2 Å². The van der Waals surface area contributed by atoms with E-state index in [2.05, 4.69) is 4.74 Å². The lowest BCUT2D eigenvalue weighted by atomic mass is 9.87. The van der Waals surface area contributed by atoms with Gasteiger partial charge in [0.15, 0.2) is 0 Å². The van der Waals surface area contributed by atoms with Gasteiger partial charge in [0.05, 0.1) is 32.0 Å². The molecule has 18 heavy (non-hydrogen) atoms. The first-order chi connectivity index (χ1) is 8.59. The third-order valence-electron chi connectivity index (χ3n) is 3.01. The molecule has 6 heteroatoms. The number of hydrogen-bond acceptors (Lipinski definition) is 6. The van der Waals surface area contributed by atoms with Gasteiger partial charge in [-0.3, -0.25) is 0 Å². The molecule has 6 nitrogen and oxygen atoms in total. The maximum absolute atomic E-state index is 11.9. The SMILES string of the molecule is COC[C@@]12C=C[C@@H](O1)C(C(=O)OC)=C2C(=O)OC. The molecular weight excluding hydrogens is 240 g/mol. The number of carbonyl (C=O) groups is 2. The van der Waals surface area contributed by atoms with Gasteiger partial charge in [-0.1, -0.05) is 6.08 Å². The fourth-order valence-corrected chi connectivity index (χ4v) is 2.30. The molecular formula is C12H14O6. The van der Waals surface area contributed by atoms with Gasteiger partial charge in [0, 0.05) is 7.11 Å². The van der Waals surface area contributed by atoms with E-state index >= 15 is 0 Å². The Morgan fingerprint density at radius 2 is 1.94 bits per heavy atom. The molecule has 0 fully saturated rings. The Balaban J connectivity index is 2.50. The average Bonchev–Trinajstić information content (AvgIpc) is 2.92. The Bertz CT molecular complexity index is 449. The summed E-state index contributed by atoms with van der Waals surface area (Å²) in [5.74, 6) is -1.21. The summed E-state index contributed by atoms with van der Waals surface area (Å²) in [6.45, 7) is 0.130. The average molecular weight is 254 g/mol. The third-order valence-corrected chi connectivity index (χ3v) is 3.01. The molecule has 0 N–H and O–H groups in total. The number of esters is 2. The van der Waals surface area contributed by atoms with Crippen LogP contribution in [0.4, 0.5) is 0 Å². The van der Waals surface area contributed by atoms with Gasteiger partial charge in [0.1, 0.15) is 11.7 Å². The van der Waals surface area contributed by atoms with Crippen molar-refractivity contribution >= 4 is 11.9 Å². The van der Waals surface area contributed by atoms with E-state index in [1.165, 1.54) is 21.3 Å². The Labute approximate surface area is 104 Å². The maximum atomic E-state index is 11.9. The van der Waals surface area contributed by atoms with Crippen molar-refractivity contribution in [1.29, 1.82) is 0 Å². The first-order valence-corrected chi connectivity index (χ1v) is 5.37. The summed E-state index contributed by atoms with van der Waals surface area (Å²) in [7, 11) is 3.99. The topological polar surface area (TPSA) is 71.1 Å². The second kappa shape index (κ2) is 4.55. The monoisotopic (exact) mass is 254 g/mol. The van der Waals surface area contributed by atoms with Crippen molar-refractivity contribution in [2.24, 2.45) is 0 Å². The summed E-state index contributed by atoms with van der Waals surface area (Å²) in [5.41, 5.74) is -0.703. The molecule has 2 heterocycles. The lowest BCUT2D eigenvalue weighted by Crippen LogP contribution is -2.37. The standard InChI is InChI=1S/C12H14O6/c1-15-6-12-5-4-7(18-12)8(10(13)16-2)9(12)11(14)17-3/h4-5,7H,6H2,1-3H3/t7-,12-/m1/s1. The van der Waals surface area contributed by atoms with E-state index in [0.717, 1.165) is 0 Å². The summed E-state index contributed by atoms with van der Waals surface area (Å²) < 4.78 is 20.1. The quantitative estimate of drug-likeness (QED) is 0.519. The van der Waals surface area contributed by atoms with Crippen LogP contribution in [0.3, 0.4) is 0 Å². The second-order valence-electron chi connectivity index (χ2n) is 3.99. The van der Waals surface area contributed by atoms with E-state index in [0.29, 0.717) is 0 Å². The smallest absolute Gasteiger partial charge is 0.337 e. The van der Waals surface area contributed by atoms with Crippen LogP contribution in [0.25, 0.3) is 0 Å². The summed E-state index contributed by atoms with van der Waals surface area (Å²) >= 11 is 0. The zero-order chi connectivity index (χ0) is 13.3. The largest absolute Gasteiger partial charge is 0.466 e. The zero-order valence-electron chi connectivity index (χ0n) is 10.4. The summed E-state index contributed by atoms with van der Waals surface area (Å²) in [5, 5.41) is 0. The zero-order valence-corrected chi connectivity index (χ0v) is 10.4. The van der Waals surface area contributed by atoms with Gasteiger partial charge in [-0.15, -0.1) is 0 Å². The molecule has 2 bridgehead atoms.